The van der Waals surface area contributed by atoms with Crippen LogP contribution in [0.1, 0.15) is 24.2 Å². The number of pyridine rings is 2. The molecule has 0 amide bonds. The van der Waals surface area contributed by atoms with Crippen molar-refractivity contribution in [2.45, 2.75) is 24.3 Å². The molecule has 0 N–H and O–H groups in total. The highest BCUT2D eigenvalue weighted by atomic mass is 32.2. The van der Waals surface area contributed by atoms with Gasteiger partial charge in [-0.3, -0.25) is 9.97 Å². The molecule has 0 fully saturated rings. The summed E-state index contributed by atoms with van der Waals surface area (Å²) < 4.78 is 0. The largest absolute Gasteiger partial charge is 0.260 e. The summed E-state index contributed by atoms with van der Waals surface area (Å²) in [7, 11) is 0. The van der Waals surface area contributed by atoms with E-state index in [-0.39, 0.29) is 0 Å². The molecular formula is C16H20N2S2. The summed E-state index contributed by atoms with van der Waals surface area (Å²) in [6.07, 6.45) is 6.30. The van der Waals surface area contributed by atoms with Gasteiger partial charge in [0.05, 0.1) is 11.4 Å². The van der Waals surface area contributed by atoms with Crippen molar-refractivity contribution < 1.29 is 0 Å². The molecule has 2 aromatic rings. The van der Waals surface area contributed by atoms with Gasteiger partial charge in [-0.05, 0) is 48.6 Å². The topological polar surface area (TPSA) is 25.8 Å². The highest BCUT2D eigenvalue weighted by Crippen LogP contribution is 2.15. The van der Waals surface area contributed by atoms with Crippen LogP contribution >= 0.6 is 23.5 Å². The first-order chi connectivity index (χ1) is 9.95. The second-order valence-corrected chi connectivity index (χ2v) is 6.66. The molecule has 2 aromatic heterocycles. The van der Waals surface area contributed by atoms with Gasteiger partial charge < -0.3 is 0 Å². The van der Waals surface area contributed by atoms with Crippen molar-refractivity contribution in [3.05, 3.63) is 60.2 Å². The van der Waals surface area contributed by atoms with Gasteiger partial charge in [0.15, 0.2) is 0 Å². The van der Waals surface area contributed by atoms with Gasteiger partial charge in [-0.25, -0.2) is 0 Å². The molecule has 0 aromatic carbocycles. The molecule has 0 saturated heterocycles. The van der Waals surface area contributed by atoms with Gasteiger partial charge in [0.2, 0.25) is 0 Å². The van der Waals surface area contributed by atoms with Crippen LogP contribution in [-0.2, 0) is 11.5 Å². The van der Waals surface area contributed by atoms with Crippen molar-refractivity contribution in [2.24, 2.45) is 0 Å². The molecule has 4 heteroatoms. The Morgan fingerprint density at radius 1 is 0.700 bits per heavy atom. The summed E-state index contributed by atoms with van der Waals surface area (Å²) in [5, 5.41) is 0. The molecule has 0 aliphatic rings. The van der Waals surface area contributed by atoms with E-state index in [1.807, 2.05) is 48.1 Å². The van der Waals surface area contributed by atoms with Crippen LogP contribution in [0.4, 0.5) is 0 Å². The van der Waals surface area contributed by atoms with E-state index in [0.717, 1.165) is 11.5 Å². The standard InChI is InChI=1S/C16H20N2S2/c1-3-9-17-15(7-1)13-19-11-5-6-12-20-14-16-8-2-4-10-18-16/h1-4,7-10H,5-6,11-14H2. The van der Waals surface area contributed by atoms with Gasteiger partial charge in [0.1, 0.15) is 0 Å². The zero-order valence-electron chi connectivity index (χ0n) is 11.6. The minimum absolute atomic E-state index is 1.03. The lowest BCUT2D eigenvalue weighted by Gasteiger charge is -2.02. The molecule has 2 nitrogen and oxygen atoms in total. The fourth-order valence-electron chi connectivity index (χ4n) is 1.73. The quantitative estimate of drug-likeness (QED) is 0.640. The number of hydrogen-bond donors (Lipinski definition) is 0. The summed E-state index contributed by atoms with van der Waals surface area (Å²) in [4.78, 5) is 8.66. The van der Waals surface area contributed by atoms with E-state index < -0.39 is 0 Å². The third-order valence-electron chi connectivity index (χ3n) is 2.78. The molecule has 20 heavy (non-hydrogen) atoms. The highest BCUT2D eigenvalue weighted by Gasteiger charge is 1.96. The van der Waals surface area contributed by atoms with Gasteiger partial charge in [0, 0.05) is 23.9 Å². The molecular weight excluding hydrogens is 284 g/mol. The molecule has 0 aliphatic carbocycles. The van der Waals surface area contributed by atoms with E-state index in [2.05, 4.69) is 34.2 Å². The molecule has 0 unspecified atom stereocenters. The molecule has 0 bridgehead atoms. The second kappa shape index (κ2) is 9.83. The van der Waals surface area contributed by atoms with Crippen LogP contribution in [0, 0.1) is 0 Å². The minimum atomic E-state index is 1.03. The van der Waals surface area contributed by atoms with E-state index in [9.17, 15) is 0 Å². The Labute approximate surface area is 129 Å². The number of thioether (sulfide) groups is 2. The van der Waals surface area contributed by atoms with Crippen LogP contribution in [0.25, 0.3) is 0 Å². The van der Waals surface area contributed by atoms with E-state index in [4.69, 9.17) is 0 Å². The van der Waals surface area contributed by atoms with Gasteiger partial charge in [-0.15, -0.1) is 0 Å². The average molecular weight is 304 g/mol. The van der Waals surface area contributed by atoms with Crippen LogP contribution in [-0.4, -0.2) is 21.5 Å². The van der Waals surface area contributed by atoms with Crippen LogP contribution < -0.4 is 0 Å². The van der Waals surface area contributed by atoms with E-state index in [1.165, 1.54) is 35.7 Å². The zero-order valence-corrected chi connectivity index (χ0v) is 13.2. The van der Waals surface area contributed by atoms with Crippen molar-refractivity contribution in [2.75, 3.05) is 11.5 Å². The number of hydrogen-bond acceptors (Lipinski definition) is 4. The van der Waals surface area contributed by atoms with Crippen LogP contribution in [0.15, 0.2) is 48.8 Å². The minimum Gasteiger partial charge on any atom is -0.260 e. The summed E-state index contributed by atoms with van der Waals surface area (Å²) >= 11 is 3.95. The number of aromatic nitrogens is 2. The number of unbranched alkanes of at least 4 members (excludes halogenated alkanes) is 1. The van der Waals surface area contributed by atoms with Gasteiger partial charge >= 0.3 is 0 Å². The van der Waals surface area contributed by atoms with Crippen molar-refractivity contribution in [3.8, 4) is 0 Å². The lowest BCUT2D eigenvalue weighted by molar-refractivity contribution is 0.905. The first-order valence-corrected chi connectivity index (χ1v) is 9.21. The molecule has 0 aliphatic heterocycles. The summed E-state index contributed by atoms with van der Waals surface area (Å²) in [6, 6.07) is 12.2. The molecule has 0 atom stereocenters. The predicted octanol–water partition coefficient (Wildman–Crippen LogP) is 4.42. The average Bonchev–Trinajstić information content (AvgIpc) is 2.52. The molecule has 0 spiro atoms. The van der Waals surface area contributed by atoms with Crippen LogP contribution in [0.3, 0.4) is 0 Å². The van der Waals surface area contributed by atoms with Crippen molar-refractivity contribution in [1.29, 1.82) is 0 Å². The van der Waals surface area contributed by atoms with Crippen LogP contribution in [0.2, 0.25) is 0 Å². The first-order valence-electron chi connectivity index (χ1n) is 6.90. The van der Waals surface area contributed by atoms with E-state index in [0.29, 0.717) is 0 Å². The lowest BCUT2D eigenvalue weighted by atomic mass is 10.4. The van der Waals surface area contributed by atoms with Crippen molar-refractivity contribution in [1.82, 2.24) is 9.97 Å². The summed E-state index contributed by atoms with van der Waals surface area (Å²) in [5.74, 6) is 4.51. The summed E-state index contributed by atoms with van der Waals surface area (Å²) in [6.45, 7) is 0. The Hall–Kier alpha value is -1.00. The molecule has 106 valence electrons. The normalized spacial score (nSPS) is 10.6. The summed E-state index contributed by atoms with van der Waals surface area (Å²) in [5.41, 5.74) is 2.36. The monoisotopic (exact) mass is 304 g/mol. The Bertz CT molecular complexity index is 417. The Morgan fingerprint density at radius 2 is 1.20 bits per heavy atom. The Kier molecular flexibility index (Phi) is 7.57. The van der Waals surface area contributed by atoms with Crippen molar-refractivity contribution >= 4 is 23.5 Å². The predicted molar refractivity (Wildman–Crippen MR) is 90.0 cm³/mol. The Morgan fingerprint density at radius 3 is 1.60 bits per heavy atom. The van der Waals surface area contributed by atoms with Gasteiger partial charge in [-0.1, -0.05) is 12.1 Å². The zero-order chi connectivity index (χ0) is 13.9. The maximum atomic E-state index is 4.33. The highest BCUT2D eigenvalue weighted by molar-refractivity contribution is 7.98. The van der Waals surface area contributed by atoms with Crippen molar-refractivity contribution in [3.63, 3.8) is 0 Å². The molecule has 2 rings (SSSR count). The van der Waals surface area contributed by atoms with Gasteiger partial charge in [-0.2, -0.15) is 23.5 Å². The van der Waals surface area contributed by atoms with E-state index >= 15 is 0 Å². The smallest absolute Gasteiger partial charge is 0.0502 e. The molecule has 0 radical (unpaired) electrons. The third-order valence-corrected chi connectivity index (χ3v) is 4.93. The fraction of sp³-hybridized carbons (Fsp3) is 0.375. The Balaban J connectivity index is 1.44. The molecule has 2 heterocycles. The first kappa shape index (κ1) is 15.4. The molecule has 0 saturated carbocycles. The third kappa shape index (κ3) is 6.44. The van der Waals surface area contributed by atoms with Crippen LogP contribution in [0.5, 0.6) is 0 Å². The fourth-order valence-corrected chi connectivity index (χ4v) is 3.59. The maximum Gasteiger partial charge on any atom is 0.0502 e. The second-order valence-electron chi connectivity index (χ2n) is 4.45. The number of nitrogens with zero attached hydrogens (tertiary/aromatic N) is 2. The van der Waals surface area contributed by atoms with E-state index in [1.54, 1.807) is 0 Å². The SMILES string of the molecule is c1ccc(CSCCCCSCc2ccccn2)nc1. The van der Waals surface area contributed by atoms with Gasteiger partial charge in [0.25, 0.3) is 0 Å². The maximum absolute atomic E-state index is 4.33. The lowest BCUT2D eigenvalue weighted by Crippen LogP contribution is -1.89. The number of rotatable bonds is 9.